The summed E-state index contributed by atoms with van der Waals surface area (Å²) in [5.41, 5.74) is 9.07. The van der Waals surface area contributed by atoms with E-state index in [1.54, 1.807) is 0 Å². The summed E-state index contributed by atoms with van der Waals surface area (Å²) < 4.78 is 6.34. The lowest BCUT2D eigenvalue weighted by Crippen LogP contribution is -2.25. The highest BCUT2D eigenvalue weighted by Gasteiger charge is 2.26. The van der Waals surface area contributed by atoms with Crippen LogP contribution in [0.15, 0.2) is 120 Å². The van der Waals surface area contributed by atoms with Crippen molar-refractivity contribution in [3.63, 3.8) is 0 Å². The molecule has 1 unspecified atom stereocenters. The fraction of sp³-hybridized carbons (Fsp3) is 0.0811. The van der Waals surface area contributed by atoms with Gasteiger partial charge in [0.25, 0.3) is 0 Å². The van der Waals surface area contributed by atoms with Crippen LogP contribution < -0.4 is 4.90 Å². The maximum atomic E-state index is 6.34. The van der Waals surface area contributed by atoms with E-state index >= 15 is 0 Å². The van der Waals surface area contributed by atoms with Gasteiger partial charge in [0.05, 0.1) is 6.04 Å². The molecule has 0 spiro atoms. The van der Waals surface area contributed by atoms with Crippen LogP contribution in [-0.4, -0.2) is 0 Å². The maximum Gasteiger partial charge on any atom is 0.136 e. The van der Waals surface area contributed by atoms with Crippen LogP contribution in [-0.2, 0) is 0 Å². The van der Waals surface area contributed by atoms with Crippen molar-refractivity contribution in [2.45, 2.75) is 19.4 Å². The zero-order valence-corrected chi connectivity index (χ0v) is 22.0. The molecule has 1 atom stereocenters. The molecule has 0 radical (unpaired) electrons. The van der Waals surface area contributed by atoms with Crippen molar-refractivity contribution in [2.75, 3.05) is 4.90 Å². The highest BCUT2D eigenvalue weighted by Crippen LogP contribution is 2.43. The Morgan fingerprint density at radius 1 is 0.821 bits per heavy atom. The van der Waals surface area contributed by atoms with Gasteiger partial charge in [0.15, 0.2) is 0 Å². The van der Waals surface area contributed by atoms with E-state index in [1.807, 2.05) is 6.08 Å². The van der Waals surface area contributed by atoms with Crippen LogP contribution in [0.5, 0.6) is 0 Å². The number of rotatable bonds is 5. The lowest BCUT2D eigenvalue weighted by Gasteiger charge is -2.36. The molecule has 5 aromatic carbocycles. The zero-order valence-electron chi connectivity index (χ0n) is 22.0. The average molecular weight is 504 g/mol. The van der Waals surface area contributed by atoms with Gasteiger partial charge in [-0.15, -0.1) is 0 Å². The molecular formula is C37H29NO. The first-order chi connectivity index (χ1) is 19.3. The molecule has 0 N–H and O–H groups in total. The fourth-order valence-electron chi connectivity index (χ4n) is 6.15. The Morgan fingerprint density at radius 3 is 2.46 bits per heavy atom. The minimum Gasteiger partial charge on any atom is -0.456 e. The number of fused-ring (bicyclic) bond motifs is 6. The van der Waals surface area contributed by atoms with Gasteiger partial charge in [-0.3, -0.25) is 0 Å². The van der Waals surface area contributed by atoms with Gasteiger partial charge < -0.3 is 9.32 Å². The summed E-state index contributed by atoms with van der Waals surface area (Å²) in [7, 11) is 0. The summed E-state index contributed by atoms with van der Waals surface area (Å²) in [6.07, 6.45) is 11.7. The number of benzene rings is 5. The zero-order chi connectivity index (χ0) is 26.3. The van der Waals surface area contributed by atoms with E-state index in [0.717, 1.165) is 39.5 Å². The Balaban J connectivity index is 1.46. The van der Waals surface area contributed by atoms with Crippen LogP contribution in [0, 0.1) is 0 Å². The maximum absolute atomic E-state index is 6.34. The van der Waals surface area contributed by atoms with Crippen molar-refractivity contribution in [1.82, 2.24) is 0 Å². The van der Waals surface area contributed by atoms with Crippen LogP contribution >= 0.6 is 0 Å². The number of anilines is 2. The predicted octanol–water partition coefficient (Wildman–Crippen LogP) is 10.7. The molecule has 0 bridgehead atoms. The molecule has 2 heteroatoms. The third-order valence-electron chi connectivity index (χ3n) is 7.87. The summed E-state index contributed by atoms with van der Waals surface area (Å²) >= 11 is 0. The SMILES string of the molecule is C=Cc1ccc2oc3ccc4cc(N(c5ccccc5)C5CC=Cc6ccccc65)ccc4c3c2c1/C=C\C. The summed E-state index contributed by atoms with van der Waals surface area (Å²) in [5, 5.41) is 4.69. The van der Waals surface area contributed by atoms with E-state index in [-0.39, 0.29) is 6.04 Å². The first-order valence-electron chi connectivity index (χ1n) is 13.5. The molecular weight excluding hydrogens is 474 g/mol. The van der Waals surface area contributed by atoms with Crippen molar-refractivity contribution in [3.05, 3.63) is 138 Å². The molecule has 39 heavy (non-hydrogen) atoms. The van der Waals surface area contributed by atoms with Crippen LogP contribution in [0.25, 0.3) is 50.9 Å². The fourth-order valence-corrected chi connectivity index (χ4v) is 6.15. The van der Waals surface area contributed by atoms with E-state index in [0.29, 0.717) is 0 Å². The second-order valence-corrected chi connectivity index (χ2v) is 10.1. The standard InChI is InChI=1S/C37H29NO/c1-3-11-31-25(4-2)18-22-34-36(31)37-32-21-20-29(24-27(32)19-23-35(37)39-34)38(28-14-6-5-7-15-28)33-17-10-13-26-12-8-9-16-30(26)33/h3-16,18-24,33H,2,17H2,1H3/b11-3-. The molecule has 1 aromatic heterocycles. The second kappa shape index (κ2) is 9.49. The smallest absolute Gasteiger partial charge is 0.136 e. The van der Waals surface area contributed by atoms with Crippen LogP contribution in [0.2, 0.25) is 0 Å². The Hall–Kier alpha value is -4.82. The number of hydrogen-bond donors (Lipinski definition) is 0. The normalized spacial score (nSPS) is 14.8. The molecule has 7 rings (SSSR count). The third-order valence-corrected chi connectivity index (χ3v) is 7.87. The minimum atomic E-state index is 0.209. The number of allylic oxidation sites excluding steroid dienone is 1. The molecule has 1 aliphatic rings. The van der Waals surface area contributed by atoms with Gasteiger partial charge in [0, 0.05) is 22.1 Å². The van der Waals surface area contributed by atoms with Crippen molar-refractivity contribution < 1.29 is 4.42 Å². The first-order valence-corrected chi connectivity index (χ1v) is 13.5. The monoisotopic (exact) mass is 503 g/mol. The van der Waals surface area contributed by atoms with Crippen molar-refractivity contribution in [2.24, 2.45) is 0 Å². The van der Waals surface area contributed by atoms with Crippen LogP contribution in [0.4, 0.5) is 11.4 Å². The highest BCUT2D eigenvalue weighted by molar-refractivity contribution is 6.21. The third kappa shape index (κ3) is 3.80. The van der Waals surface area contributed by atoms with Crippen molar-refractivity contribution in [1.29, 1.82) is 0 Å². The molecule has 188 valence electrons. The molecule has 6 aromatic rings. The van der Waals surface area contributed by atoms with Gasteiger partial charge in [0.1, 0.15) is 11.2 Å². The molecule has 1 heterocycles. The van der Waals surface area contributed by atoms with E-state index < -0.39 is 0 Å². The molecule has 0 aliphatic heterocycles. The lowest BCUT2D eigenvalue weighted by molar-refractivity contribution is 0.669. The van der Waals surface area contributed by atoms with Gasteiger partial charge >= 0.3 is 0 Å². The number of hydrogen-bond acceptors (Lipinski definition) is 2. The largest absolute Gasteiger partial charge is 0.456 e. The Bertz CT molecular complexity index is 1920. The van der Waals surface area contributed by atoms with E-state index in [1.165, 1.54) is 33.3 Å². The second-order valence-electron chi connectivity index (χ2n) is 10.1. The van der Waals surface area contributed by atoms with Gasteiger partial charge in [-0.25, -0.2) is 0 Å². The van der Waals surface area contributed by atoms with E-state index in [9.17, 15) is 0 Å². The minimum absolute atomic E-state index is 0.209. The molecule has 1 aliphatic carbocycles. The predicted molar refractivity (Wildman–Crippen MR) is 167 cm³/mol. The van der Waals surface area contributed by atoms with Crippen LogP contribution in [0.3, 0.4) is 0 Å². The Labute approximate surface area is 228 Å². The first kappa shape index (κ1) is 23.3. The number of furan rings is 1. The molecule has 0 saturated heterocycles. The van der Waals surface area contributed by atoms with Crippen molar-refractivity contribution >= 4 is 62.3 Å². The average Bonchev–Trinajstić information content (AvgIpc) is 3.38. The van der Waals surface area contributed by atoms with Crippen molar-refractivity contribution in [3.8, 4) is 0 Å². The van der Waals surface area contributed by atoms with Gasteiger partial charge in [-0.2, -0.15) is 0 Å². The topological polar surface area (TPSA) is 16.4 Å². The van der Waals surface area contributed by atoms with Crippen LogP contribution in [0.1, 0.15) is 41.6 Å². The Kier molecular flexibility index (Phi) is 5.67. The molecule has 0 saturated carbocycles. The van der Waals surface area contributed by atoms with E-state index in [2.05, 4.69) is 140 Å². The quantitative estimate of drug-likeness (QED) is 0.233. The number of nitrogens with zero attached hydrogens (tertiary/aromatic N) is 1. The number of para-hydroxylation sites is 1. The van der Waals surface area contributed by atoms with E-state index in [4.69, 9.17) is 4.42 Å². The lowest BCUT2D eigenvalue weighted by atomic mass is 9.90. The van der Waals surface area contributed by atoms with Gasteiger partial charge in [-0.05, 0) is 82.8 Å². The summed E-state index contributed by atoms with van der Waals surface area (Å²) in [4.78, 5) is 2.49. The Morgan fingerprint density at radius 2 is 1.62 bits per heavy atom. The van der Waals surface area contributed by atoms with Gasteiger partial charge in [0.2, 0.25) is 0 Å². The molecule has 0 amide bonds. The summed E-state index contributed by atoms with van der Waals surface area (Å²) in [6, 6.07) is 35.0. The van der Waals surface area contributed by atoms with Gasteiger partial charge in [-0.1, -0.05) is 97.6 Å². The molecule has 0 fully saturated rings. The summed E-state index contributed by atoms with van der Waals surface area (Å²) in [6.45, 7) is 6.10. The highest BCUT2D eigenvalue weighted by atomic mass is 16.3. The summed E-state index contributed by atoms with van der Waals surface area (Å²) in [5.74, 6) is 0. The molecule has 2 nitrogen and oxygen atoms in total.